The van der Waals surface area contributed by atoms with Crippen LogP contribution in [0.4, 0.5) is 17.1 Å². The van der Waals surface area contributed by atoms with Gasteiger partial charge in [-0.15, -0.1) is 0 Å². The molecule has 3 aliphatic carbocycles. The van der Waals surface area contributed by atoms with Crippen molar-refractivity contribution in [2.24, 2.45) is 0 Å². The van der Waals surface area contributed by atoms with Crippen molar-refractivity contribution in [2.75, 3.05) is 4.90 Å². The predicted octanol–water partition coefficient (Wildman–Crippen LogP) is 17.9. The normalized spacial score (nSPS) is 14.6. The van der Waals surface area contributed by atoms with Crippen LogP contribution in [-0.4, -0.2) is 0 Å². The molecule has 1 nitrogen and oxygen atoms in total. The van der Waals surface area contributed by atoms with Crippen LogP contribution in [0.3, 0.4) is 0 Å². The zero-order valence-corrected chi connectivity index (χ0v) is 40.4. The monoisotopic (exact) mass is 917 g/mol. The first kappa shape index (κ1) is 42.1. The van der Waals surface area contributed by atoms with Crippen LogP contribution in [0.15, 0.2) is 273 Å². The molecular weight excluding hydrogens is 867 g/mol. The van der Waals surface area contributed by atoms with Gasteiger partial charge in [-0.2, -0.15) is 0 Å². The maximum Gasteiger partial charge on any atom is 0.0720 e. The van der Waals surface area contributed by atoms with E-state index in [2.05, 4.69) is 292 Å². The standard InChI is InChI=1S/C71H51N/c1-69(2)60-36-16-18-38-62(60)71(63-39-19-17-37-61(63)69)59-35-15-13-32-57(59)68-65(71)41-22-42-66(68)72(54-30-20-25-50(47-54)48-23-6-3-7-24-48)53-45-43-49(44-46-53)55-33-21-40-64-67(55)56-31-12-14-34-58(56)70(64,51-26-8-4-9-27-51)52-28-10-5-11-29-52/h3-47H,1-2H3. The highest BCUT2D eigenvalue weighted by atomic mass is 15.1. The maximum absolute atomic E-state index is 2.51. The summed E-state index contributed by atoms with van der Waals surface area (Å²) in [6.45, 7) is 4.79. The summed E-state index contributed by atoms with van der Waals surface area (Å²) in [4.78, 5) is 2.51. The summed E-state index contributed by atoms with van der Waals surface area (Å²) < 4.78 is 0. The lowest BCUT2D eigenvalue weighted by molar-refractivity contribution is 0.563. The molecule has 14 rings (SSSR count). The molecule has 0 N–H and O–H groups in total. The van der Waals surface area contributed by atoms with Crippen molar-refractivity contribution in [1.82, 2.24) is 0 Å². The van der Waals surface area contributed by atoms with Crippen LogP contribution in [0.2, 0.25) is 0 Å². The van der Waals surface area contributed by atoms with Crippen LogP contribution in [-0.2, 0) is 16.2 Å². The summed E-state index contributed by atoms with van der Waals surface area (Å²) in [6, 6.07) is 102. The Morgan fingerprint density at radius 1 is 0.264 bits per heavy atom. The van der Waals surface area contributed by atoms with E-state index in [1.807, 2.05) is 0 Å². The lowest BCUT2D eigenvalue weighted by Crippen LogP contribution is -2.40. The maximum atomic E-state index is 2.51. The number of hydrogen-bond donors (Lipinski definition) is 0. The molecule has 340 valence electrons. The van der Waals surface area contributed by atoms with Crippen molar-refractivity contribution >= 4 is 17.1 Å². The zero-order chi connectivity index (χ0) is 48.0. The van der Waals surface area contributed by atoms with E-state index in [0.717, 1.165) is 17.1 Å². The molecule has 0 aromatic heterocycles. The highest BCUT2D eigenvalue weighted by Gasteiger charge is 2.54. The zero-order valence-electron chi connectivity index (χ0n) is 40.4. The second-order valence-electron chi connectivity index (χ2n) is 20.3. The number of benzene rings is 11. The molecule has 3 aliphatic rings. The van der Waals surface area contributed by atoms with Crippen LogP contribution in [0.5, 0.6) is 0 Å². The van der Waals surface area contributed by atoms with Gasteiger partial charge >= 0.3 is 0 Å². The Hall–Kier alpha value is -8.78. The lowest BCUT2D eigenvalue weighted by atomic mass is 9.55. The summed E-state index contributed by atoms with van der Waals surface area (Å²) in [5.41, 5.74) is 25.4. The van der Waals surface area contributed by atoms with Gasteiger partial charge in [-0.05, 0) is 125 Å². The van der Waals surface area contributed by atoms with Gasteiger partial charge < -0.3 is 4.90 Å². The number of anilines is 3. The second-order valence-corrected chi connectivity index (χ2v) is 20.3. The lowest BCUT2D eigenvalue weighted by Gasteiger charge is -2.46. The molecule has 0 aliphatic heterocycles. The molecule has 1 heteroatoms. The Morgan fingerprint density at radius 3 is 1.31 bits per heavy atom. The van der Waals surface area contributed by atoms with Crippen molar-refractivity contribution in [3.8, 4) is 44.5 Å². The van der Waals surface area contributed by atoms with E-state index in [1.165, 1.54) is 100 Å². The van der Waals surface area contributed by atoms with Gasteiger partial charge in [-0.25, -0.2) is 0 Å². The average molecular weight is 918 g/mol. The molecular formula is C71H51N. The molecule has 1 spiro atoms. The SMILES string of the molecule is CC1(C)c2ccccc2C2(c3ccccc3-c3c(N(c4ccc(-c5cccc6c5-c5ccccc5C6(c5ccccc5)c5ccccc5)cc4)c4cccc(-c5ccccc5)c4)cccc32)c2ccccc21. The molecule has 0 bridgehead atoms. The third-order valence-electron chi connectivity index (χ3n) is 16.4. The Labute approximate surface area is 423 Å². The van der Waals surface area contributed by atoms with E-state index in [4.69, 9.17) is 0 Å². The van der Waals surface area contributed by atoms with Crippen LogP contribution >= 0.6 is 0 Å². The summed E-state index contributed by atoms with van der Waals surface area (Å²) in [5.74, 6) is 0. The van der Waals surface area contributed by atoms with Crippen LogP contribution in [0.1, 0.15) is 69.5 Å². The van der Waals surface area contributed by atoms with Crippen LogP contribution < -0.4 is 4.90 Å². The Kier molecular flexibility index (Phi) is 9.44. The topological polar surface area (TPSA) is 3.24 Å². The Bertz CT molecular complexity index is 3790. The summed E-state index contributed by atoms with van der Waals surface area (Å²) >= 11 is 0. The van der Waals surface area contributed by atoms with Gasteiger partial charge in [-0.1, -0.05) is 257 Å². The van der Waals surface area contributed by atoms with Gasteiger partial charge in [0.05, 0.1) is 16.5 Å². The summed E-state index contributed by atoms with van der Waals surface area (Å²) in [7, 11) is 0. The van der Waals surface area contributed by atoms with Gasteiger partial charge in [0.2, 0.25) is 0 Å². The minimum absolute atomic E-state index is 0.176. The van der Waals surface area contributed by atoms with Gasteiger partial charge in [0.25, 0.3) is 0 Å². The minimum Gasteiger partial charge on any atom is -0.310 e. The molecule has 72 heavy (non-hydrogen) atoms. The van der Waals surface area contributed by atoms with E-state index in [0.29, 0.717) is 0 Å². The number of nitrogens with zero attached hydrogens (tertiary/aromatic N) is 1. The fourth-order valence-electron chi connectivity index (χ4n) is 13.5. The molecule has 0 radical (unpaired) electrons. The van der Waals surface area contributed by atoms with Crippen molar-refractivity contribution < 1.29 is 0 Å². The van der Waals surface area contributed by atoms with E-state index in [-0.39, 0.29) is 5.41 Å². The molecule has 0 saturated heterocycles. The Balaban J connectivity index is 0.989. The Morgan fingerprint density at radius 2 is 0.694 bits per heavy atom. The van der Waals surface area contributed by atoms with Gasteiger partial charge in [0.1, 0.15) is 0 Å². The number of fused-ring (bicyclic) bond motifs is 12. The van der Waals surface area contributed by atoms with Crippen LogP contribution in [0.25, 0.3) is 44.5 Å². The molecule has 0 saturated carbocycles. The fourth-order valence-corrected chi connectivity index (χ4v) is 13.5. The van der Waals surface area contributed by atoms with Crippen LogP contribution in [0, 0.1) is 0 Å². The van der Waals surface area contributed by atoms with Crippen molar-refractivity contribution in [3.63, 3.8) is 0 Å². The third kappa shape index (κ3) is 5.83. The minimum atomic E-state index is -0.509. The highest BCUT2D eigenvalue weighted by Crippen LogP contribution is 2.64. The molecule has 0 fully saturated rings. The first-order valence-corrected chi connectivity index (χ1v) is 25.3. The largest absolute Gasteiger partial charge is 0.310 e. The summed E-state index contributed by atoms with van der Waals surface area (Å²) in [6.07, 6.45) is 0. The van der Waals surface area contributed by atoms with Gasteiger partial charge in [0.15, 0.2) is 0 Å². The summed E-state index contributed by atoms with van der Waals surface area (Å²) in [5, 5.41) is 0. The molecule has 0 amide bonds. The van der Waals surface area contributed by atoms with E-state index < -0.39 is 10.8 Å². The van der Waals surface area contributed by atoms with Gasteiger partial charge in [0, 0.05) is 22.4 Å². The second kappa shape index (κ2) is 16.1. The van der Waals surface area contributed by atoms with Gasteiger partial charge in [-0.3, -0.25) is 0 Å². The molecule has 0 heterocycles. The molecule has 0 atom stereocenters. The smallest absolute Gasteiger partial charge is 0.0720 e. The van der Waals surface area contributed by atoms with E-state index in [1.54, 1.807) is 0 Å². The average Bonchev–Trinajstić information content (AvgIpc) is 3.93. The predicted molar refractivity (Wildman–Crippen MR) is 299 cm³/mol. The fraction of sp³-hybridized carbons (Fsp3) is 0.0704. The van der Waals surface area contributed by atoms with Crippen molar-refractivity contribution in [1.29, 1.82) is 0 Å². The number of rotatable bonds is 7. The first-order valence-electron chi connectivity index (χ1n) is 25.3. The molecule has 0 unspecified atom stereocenters. The van der Waals surface area contributed by atoms with E-state index in [9.17, 15) is 0 Å². The van der Waals surface area contributed by atoms with Crippen molar-refractivity contribution in [3.05, 3.63) is 329 Å². The van der Waals surface area contributed by atoms with E-state index >= 15 is 0 Å². The molecule has 11 aromatic carbocycles. The number of hydrogen-bond acceptors (Lipinski definition) is 1. The quantitative estimate of drug-likeness (QED) is 0.154. The molecule has 11 aromatic rings. The third-order valence-corrected chi connectivity index (χ3v) is 16.4. The highest BCUT2D eigenvalue weighted by molar-refractivity contribution is 6.00. The van der Waals surface area contributed by atoms with Crippen molar-refractivity contribution in [2.45, 2.75) is 30.1 Å². The first-order chi connectivity index (χ1) is 35.5.